The molecule has 2 rings (SSSR count). The number of carboxylic acid groups (broad SMARTS) is 1. The Balaban J connectivity index is 2.48. The average Bonchev–Trinajstić information content (AvgIpc) is 2.83. The molecule has 0 radical (unpaired) electrons. The summed E-state index contributed by atoms with van der Waals surface area (Å²) in [6, 6.07) is -1.24. The Kier molecular flexibility index (Phi) is 3.37. The molecule has 2 heterocycles. The molecule has 0 spiro atoms. The van der Waals surface area contributed by atoms with Crippen molar-refractivity contribution in [2.45, 2.75) is 37.3 Å². The second kappa shape index (κ2) is 4.58. The number of rotatable bonds is 3. The van der Waals surface area contributed by atoms with E-state index in [1.807, 2.05) is 0 Å². The van der Waals surface area contributed by atoms with Crippen molar-refractivity contribution in [3.05, 3.63) is 11.4 Å². The number of hydrogen-bond donors (Lipinski definition) is 3. The predicted molar refractivity (Wildman–Crippen MR) is 64.0 cm³/mol. The number of nitrogens with one attached hydrogen (secondary N) is 1. The lowest BCUT2D eigenvalue weighted by atomic mass is 10.2. The van der Waals surface area contributed by atoms with E-state index in [1.165, 1.54) is 6.92 Å². The standard InChI is InChI=1S/C10H15N3O5S/c1-5-9(6(2)12-11-5)19(17,18)13-4-7(14)3-8(13)10(15)16/h7-8,14H,3-4H2,1-2H3,(H,11,12)(H,15,16). The molecule has 106 valence electrons. The molecule has 0 bridgehead atoms. The van der Waals surface area contributed by atoms with Crippen LogP contribution in [0.4, 0.5) is 0 Å². The molecular formula is C10H15N3O5S. The van der Waals surface area contributed by atoms with Crippen LogP contribution in [0, 0.1) is 13.8 Å². The first kappa shape index (κ1) is 14.0. The molecule has 1 aliphatic rings. The van der Waals surface area contributed by atoms with Crippen molar-refractivity contribution in [2.75, 3.05) is 6.54 Å². The van der Waals surface area contributed by atoms with Crippen LogP contribution in [0.25, 0.3) is 0 Å². The summed E-state index contributed by atoms with van der Waals surface area (Å²) < 4.78 is 25.8. The van der Waals surface area contributed by atoms with Gasteiger partial charge in [-0.15, -0.1) is 0 Å². The molecule has 19 heavy (non-hydrogen) atoms. The van der Waals surface area contributed by atoms with E-state index in [1.54, 1.807) is 6.92 Å². The second-order valence-corrected chi connectivity index (χ2v) is 6.41. The summed E-state index contributed by atoms with van der Waals surface area (Å²) in [5.74, 6) is -1.26. The molecule has 9 heteroatoms. The van der Waals surface area contributed by atoms with Gasteiger partial charge in [-0.05, 0) is 13.8 Å². The van der Waals surface area contributed by atoms with Gasteiger partial charge in [-0.3, -0.25) is 9.89 Å². The van der Waals surface area contributed by atoms with Gasteiger partial charge in [0, 0.05) is 13.0 Å². The number of carboxylic acids is 1. The molecule has 2 unspecified atom stereocenters. The molecule has 1 aromatic rings. The Morgan fingerprint density at radius 1 is 1.47 bits per heavy atom. The summed E-state index contributed by atoms with van der Waals surface area (Å²) in [5, 5.41) is 24.9. The Hall–Kier alpha value is -1.45. The van der Waals surface area contributed by atoms with Crippen molar-refractivity contribution in [3.63, 3.8) is 0 Å². The highest BCUT2D eigenvalue weighted by Crippen LogP contribution is 2.29. The Bertz CT molecular complexity index is 589. The SMILES string of the molecule is Cc1n[nH]c(C)c1S(=O)(=O)N1CC(O)CC1C(=O)O. The lowest BCUT2D eigenvalue weighted by Crippen LogP contribution is -2.40. The van der Waals surface area contributed by atoms with Gasteiger partial charge in [0.2, 0.25) is 10.0 Å². The molecule has 2 atom stereocenters. The molecular weight excluding hydrogens is 274 g/mol. The van der Waals surface area contributed by atoms with Gasteiger partial charge in [-0.2, -0.15) is 9.40 Å². The van der Waals surface area contributed by atoms with Crippen LogP contribution < -0.4 is 0 Å². The zero-order valence-electron chi connectivity index (χ0n) is 10.5. The smallest absolute Gasteiger partial charge is 0.322 e. The first-order chi connectivity index (χ1) is 8.75. The predicted octanol–water partition coefficient (Wildman–Crippen LogP) is -0.765. The quantitative estimate of drug-likeness (QED) is 0.671. The number of sulfonamides is 1. The first-order valence-electron chi connectivity index (χ1n) is 5.69. The number of hydrogen-bond acceptors (Lipinski definition) is 5. The number of nitrogens with zero attached hydrogens (tertiary/aromatic N) is 2. The van der Waals surface area contributed by atoms with Crippen LogP contribution in [0.1, 0.15) is 17.8 Å². The lowest BCUT2D eigenvalue weighted by molar-refractivity contribution is -0.140. The number of aliphatic hydroxyl groups excluding tert-OH is 1. The van der Waals surface area contributed by atoms with Gasteiger partial charge >= 0.3 is 5.97 Å². The van der Waals surface area contributed by atoms with E-state index < -0.39 is 28.1 Å². The molecule has 1 fully saturated rings. The average molecular weight is 289 g/mol. The Morgan fingerprint density at radius 3 is 2.58 bits per heavy atom. The van der Waals surface area contributed by atoms with Gasteiger partial charge in [-0.25, -0.2) is 8.42 Å². The first-order valence-corrected chi connectivity index (χ1v) is 7.13. The molecule has 0 saturated carbocycles. The summed E-state index contributed by atoms with van der Waals surface area (Å²) in [6.07, 6.45) is -1.08. The number of aliphatic carboxylic acids is 1. The minimum Gasteiger partial charge on any atom is -0.480 e. The Morgan fingerprint density at radius 2 is 2.11 bits per heavy atom. The van der Waals surface area contributed by atoms with Crippen molar-refractivity contribution in [2.24, 2.45) is 0 Å². The van der Waals surface area contributed by atoms with Crippen LogP contribution in [0.2, 0.25) is 0 Å². The monoisotopic (exact) mass is 289 g/mol. The molecule has 3 N–H and O–H groups in total. The summed E-state index contributed by atoms with van der Waals surface area (Å²) >= 11 is 0. The van der Waals surface area contributed by atoms with Crippen molar-refractivity contribution < 1.29 is 23.4 Å². The van der Waals surface area contributed by atoms with Gasteiger partial charge in [0.15, 0.2) is 0 Å². The second-order valence-electron chi connectivity index (χ2n) is 4.58. The summed E-state index contributed by atoms with van der Waals surface area (Å²) in [4.78, 5) is 11.1. The number of H-pyrrole nitrogens is 1. The van der Waals surface area contributed by atoms with E-state index >= 15 is 0 Å². The van der Waals surface area contributed by atoms with Gasteiger partial charge in [-0.1, -0.05) is 0 Å². The fraction of sp³-hybridized carbons (Fsp3) is 0.600. The summed E-state index contributed by atoms with van der Waals surface area (Å²) in [5.41, 5.74) is 0.631. The van der Waals surface area contributed by atoms with Crippen LogP contribution in [-0.4, -0.2) is 57.8 Å². The van der Waals surface area contributed by atoms with Gasteiger partial charge < -0.3 is 10.2 Å². The van der Waals surface area contributed by atoms with Gasteiger partial charge in [0.05, 0.1) is 17.5 Å². The highest BCUT2D eigenvalue weighted by atomic mass is 32.2. The molecule has 0 amide bonds. The van der Waals surface area contributed by atoms with Gasteiger partial charge in [0.1, 0.15) is 10.9 Å². The molecule has 1 aromatic heterocycles. The third-order valence-electron chi connectivity index (χ3n) is 3.15. The van der Waals surface area contributed by atoms with E-state index in [0.717, 1.165) is 4.31 Å². The number of carbonyl (C=O) groups is 1. The fourth-order valence-electron chi connectivity index (χ4n) is 2.31. The lowest BCUT2D eigenvalue weighted by Gasteiger charge is -2.20. The van der Waals surface area contributed by atoms with Crippen molar-refractivity contribution in [1.29, 1.82) is 0 Å². The van der Waals surface area contributed by atoms with E-state index in [-0.39, 0.29) is 23.6 Å². The van der Waals surface area contributed by atoms with Gasteiger partial charge in [0.25, 0.3) is 0 Å². The maximum atomic E-state index is 12.5. The zero-order chi connectivity index (χ0) is 14.4. The Labute approximate surface area is 110 Å². The third-order valence-corrected chi connectivity index (χ3v) is 5.28. The number of aromatic nitrogens is 2. The van der Waals surface area contributed by atoms with E-state index in [2.05, 4.69) is 10.2 Å². The highest BCUT2D eigenvalue weighted by molar-refractivity contribution is 7.89. The molecule has 1 saturated heterocycles. The summed E-state index contributed by atoms with van der Waals surface area (Å²) in [6.45, 7) is 2.86. The van der Waals surface area contributed by atoms with Crippen LogP contribution in [0.15, 0.2) is 4.90 Å². The summed E-state index contributed by atoms with van der Waals surface area (Å²) in [7, 11) is -3.99. The van der Waals surface area contributed by atoms with Crippen LogP contribution in [0.3, 0.4) is 0 Å². The largest absolute Gasteiger partial charge is 0.480 e. The minimum absolute atomic E-state index is 0.0205. The molecule has 1 aliphatic heterocycles. The van der Waals surface area contributed by atoms with E-state index in [0.29, 0.717) is 5.69 Å². The number of β-amino-alcohol motifs (C(OH)–C–C–N with tert-alkyl or cyclic N) is 1. The number of aryl methyl sites for hydroxylation is 2. The molecule has 0 aliphatic carbocycles. The van der Waals surface area contributed by atoms with E-state index in [4.69, 9.17) is 5.11 Å². The van der Waals surface area contributed by atoms with E-state index in [9.17, 15) is 18.3 Å². The van der Waals surface area contributed by atoms with Crippen molar-refractivity contribution in [1.82, 2.24) is 14.5 Å². The maximum absolute atomic E-state index is 12.5. The van der Waals surface area contributed by atoms with Crippen molar-refractivity contribution in [3.8, 4) is 0 Å². The van der Waals surface area contributed by atoms with Crippen LogP contribution in [-0.2, 0) is 14.8 Å². The zero-order valence-corrected chi connectivity index (χ0v) is 11.3. The number of aromatic amines is 1. The topological polar surface area (TPSA) is 124 Å². The molecule has 0 aromatic carbocycles. The van der Waals surface area contributed by atoms with Crippen molar-refractivity contribution >= 4 is 16.0 Å². The van der Waals surface area contributed by atoms with Crippen LogP contribution in [0.5, 0.6) is 0 Å². The maximum Gasteiger partial charge on any atom is 0.322 e. The minimum atomic E-state index is -3.99. The third kappa shape index (κ3) is 2.24. The normalized spacial score (nSPS) is 24.8. The molecule has 8 nitrogen and oxygen atoms in total. The highest BCUT2D eigenvalue weighted by Gasteiger charge is 2.44. The number of aliphatic hydroxyl groups is 1. The fourth-order valence-corrected chi connectivity index (χ4v) is 4.28. The van der Waals surface area contributed by atoms with Crippen LogP contribution >= 0.6 is 0 Å².